The Balaban J connectivity index is 2.43. The quantitative estimate of drug-likeness (QED) is 0.738. The minimum atomic E-state index is 0.139. The van der Waals surface area contributed by atoms with E-state index in [1.807, 2.05) is 12.1 Å². The maximum Gasteiger partial charge on any atom is 0.127 e. The Hall–Kier alpha value is -0.790. The van der Waals surface area contributed by atoms with Crippen LogP contribution in [0, 0.1) is 2.88 Å². The first kappa shape index (κ1) is 15.6. The molecular formula is C15H18INO2S. The van der Waals surface area contributed by atoms with E-state index < -0.39 is 0 Å². The molecule has 3 nitrogen and oxygen atoms in total. The van der Waals surface area contributed by atoms with Crippen molar-refractivity contribution in [1.29, 1.82) is 0 Å². The molecule has 0 aliphatic carbocycles. The van der Waals surface area contributed by atoms with Crippen LogP contribution in [-0.2, 0) is 0 Å². The molecule has 20 heavy (non-hydrogen) atoms. The Labute approximate surface area is 137 Å². The summed E-state index contributed by atoms with van der Waals surface area (Å²) in [6.07, 6.45) is 0. The van der Waals surface area contributed by atoms with Crippen LogP contribution in [0.3, 0.4) is 0 Å². The fourth-order valence-electron chi connectivity index (χ4n) is 2.14. The summed E-state index contributed by atoms with van der Waals surface area (Å²) in [6, 6.07) is 8.31. The molecule has 1 aromatic carbocycles. The predicted molar refractivity (Wildman–Crippen MR) is 92.1 cm³/mol. The molecule has 0 bridgehead atoms. The van der Waals surface area contributed by atoms with Gasteiger partial charge < -0.3 is 14.8 Å². The molecule has 1 unspecified atom stereocenters. The molecule has 0 spiro atoms. The second kappa shape index (κ2) is 7.28. The molecule has 108 valence electrons. The molecule has 0 fully saturated rings. The Morgan fingerprint density at radius 2 is 2.05 bits per heavy atom. The molecule has 0 aliphatic heterocycles. The summed E-state index contributed by atoms with van der Waals surface area (Å²) in [5.41, 5.74) is 2.40. The lowest BCUT2D eigenvalue weighted by Crippen LogP contribution is -2.22. The highest BCUT2D eigenvalue weighted by Crippen LogP contribution is 2.34. The lowest BCUT2D eigenvalue weighted by molar-refractivity contribution is 0.387. The zero-order valence-corrected chi connectivity index (χ0v) is 14.7. The molecule has 0 amide bonds. The van der Waals surface area contributed by atoms with Crippen molar-refractivity contribution in [3.8, 4) is 11.5 Å². The normalized spacial score (nSPS) is 12.2. The lowest BCUT2D eigenvalue weighted by atomic mass is 10.00. The first-order valence-corrected chi connectivity index (χ1v) is 8.34. The van der Waals surface area contributed by atoms with Gasteiger partial charge in [-0.05, 0) is 58.3 Å². The van der Waals surface area contributed by atoms with Crippen molar-refractivity contribution in [2.75, 3.05) is 20.8 Å². The maximum atomic E-state index is 5.52. The van der Waals surface area contributed by atoms with E-state index in [4.69, 9.17) is 9.47 Å². The highest BCUT2D eigenvalue weighted by atomic mass is 127. The predicted octanol–water partition coefficient (Wildman–Crippen LogP) is 4.07. The van der Waals surface area contributed by atoms with Crippen molar-refractivity contribution in [2.45, 2.75) is 13.0 Å². The van der Waals surface area contributed by atoms with Gasteiger partial charge in [-0.25, -0.2) is 0 Å². The van der Waals surface area contributed by atoms with Crippen LogP contribution in [0.5, 0.6) is 11.5 Å². The molecule has 1 N–H and O–H groups in total. The van der Waals surface area contributed by atoms with E-state index in [1.165, 1.54) is 8.45 Å². The molecule has 0 saturated carbocycles. The molecule has 1 aromatic heterocycles. The van der Waals surface area contributed by atoms with E-state index in [-0.39, 0.29) is 6.04 Å². The Kier molecular flexibility index (Phi) is 5.68. The summed E-state index contributed by atoms with van der Waals surface area (Å²) in [7, 11) is 3.36. The van der Waals surface area contributed by atoms with E-state index in [1.54, 1.807) is 25.6 Å². The van der Waals surface area contributed by atoms with Gasteiger partial charge in [0, 0.05) is 11.6 Å². The van der Waals surface area contributed by atoms with Gasteiger partial charge in [-0.3, -0.25) is 0 Å². The van der Waals surface area contributed by atoms with Crippen molar-refractivity contribution in [3.63, 3.8) is 0 Å². The van der Waals surface area contributed by atoms with Crippen molar-refractivity contribution in [1.82, 2.24) is 5.32 Å². The zero-order valence-electron chi connectivity index (χ0n) is 11.8. The van der Waals surface area contributed by atoms with E-state index in [0.29, 0.717) is 0 Å². The number of thiophene rings is 1. The third kappa shape index (κ3) is 3.45. The van der Waals surface area contributed by atoms with E-state index in [2.05, 4.69) is 52.3 Å². The summed E-state index contributed by atoms with van der Waals surface area (Å²) >= 11 is 4.11. The smallest absolute Gasteiger partial charge is 0.127 e. The van der Waals surface area contributed by atoms with Crippen LogP contribution in [0.4, 0.5) is 0 Å². The average molecular weight is 403 g/mol. The van der Waals surface area contributed by atoms with Gasteiger partial charge in [0.2, 0.25) is 0 Å². The third-order valence-corrected chi connectivity index (χ3v) is 4.89. The van der Waals surface area contributed by atoms with Crippen molar-refractivity contribution < 1.29 is 9.47 Å². The SMILES string of the molecule is CCNC(c1csc(I)c1)c1ccc(OC)cc1OC. The summed E-state index contributed by atoms with van der Waals surface area (Å²) in [5.74, 6) is 1.65. The second-order valence-corrected chi connectivity index (χ2v) is 7.09. The number of ether oxygens (including phenoxy) is 2. The third-order valence-electron chi connectivity index (χ3n) is 3.08. The van der Waals surface area contributed by atoms with Crippen LogP contribution < -0.4 is 14.8 Å². The van der Waals surface area contributed by atoms with Crippen molar-refractivity contribution in [2.24, 2.45) is 0 Å². The minimum Gasteiger partial charge on any atom is -0.497 e. The van der Waals surface area contributed by atoms with E-state index >= 15 is 0 Å². The van der Waals surface area contributed by atoms with Crippen LogP contribution in [-0.4, -0.2) is 20.8 Å². The summed E-state index contributed by atoms with van der Waals surface area (Å²) in [4.78, 5) is 0. The van der Waals surface area contributed by atoms with Gasteiger partial charge >= 0.3 is 0 Å². The fraction of sp³-hybridized carbons (Fsp3) is 0.333. The van der Waals surface area contributed by atoms with Crippen molar-refractivity contribution in [3.05, 3.63) is 43.7 Å². The molecular weight excluding hydrogens is 385 g/mol. The zero-order chi connectivity index (χ0) is 14.5. The maximum absolute atomic E-state index is 5.52. The van der Waals surface area contributed by atoms with E-state index in [9.17, 15) is 0 Å². The number of methoxy groups -OCH3 is 2. The number of halogens is 1. The number of benzene rings is 1. The summed E-state index contributed by atoms with van der Waals surface area (Å²) < 4.78 is 12.1. The van der Waals surface area contributed by atoms with Gasteiger partial charge in [-0.1, -0.05) is 6.92 Å². The molecule has 0 radical (unpaired) electrons. The number of hydrogen-bond donors (Lipinski definition) is 1. The topological polar surface area (TPSA) is 30.5 Å². The Morgan fingerprint density at radius 1 is 1.25 bits per heavy atom. The van der Waals surface area contributed by atoms with E-state index in [0.717, 1.165) is 23.6 Å². The first-order valence-electron chi connectivity index (χ1n) is 6.38. The lowest BCUT2D eigenvalue weighted by Gasteiger charge is -2.20. The second-order valence-electron chi connectivity index (χ2n) is 4.28. The average Bonchev–Trinajstić information content (AvgIpc) is 2.90. The Bertz CT molecular complexity index is 571. The molecule has 1 atom stereocenters. The first-order chi connectivity index (χ1) is 9.69. The van der Waals surface area contributed by atoms with Gasteiger partial charge in [-0.2, -0.15) is 0 Å². The monoisotopic (exact) mass is 403 g/mol. The van der Waals surface area contributed by atoms with Crippen LogP contribution >= 0.6 is 33.9 Å². The molecule has 1 heterocycles. The van der Waals surface area contributed by atoms with Gasteiger partial charge in [0.05, 0.1) is 23.1 Å². The van der Waals surface area contributed by atoms with Gasteiger partial charge in [0.25, 0.3) is 0 Å². The summed E-state index contributed by atoms with van der Waals surface area (Å²) in [6.45, 7) is 3.01. The minimum absolute atomic E-state index is 0.139. The molecule has 0 aliphatic rings. The van der Waals surface area contributed by atoms with Crippen molar-refractivity contribution >= 4 is 33.9 Å². The number of nitrogens with one attached hydrogen (secondary N) is 1. The standard InChI is InChI=1S/C15H18INO2S/c1-4-17-15(10-7-14(16)20-9-10)12-6-5-11(18-2)8-13(12)19-3/h5-9,15,17H,4H2,1-3H3. The summed E-state index contributed by atoms with van der Waals surface area (Å²) in [5, 5.41) is 5.72. The largest absolute Gasteiger partial charge is 0.497 e. The molecule has 5 heteroatoms. The van der Waals surface area contributed by atoms with Gasteiger partial charge in [0.15, 0.2) is 0 Å². The Morgan fingerprint density at radius 3 is 2.60 bits per heavy atom. The molecule has 2 rings (SSSR count). The number of rotatable bonds is 6. The van der Waals surface area contributed by atoms with Crippen LogP contribution in [0.1, 0.15) is 24.1 Å². The molecule has 0 saturated heterocycles. The van der Waals surface area contributed by atoms with Crippen LogP contribution in [0.25, 0.3) is 0 Å². The number of hydrogen-bond acceptors (Lipinski definition) is 4. The van der Waals surface area contributed by atoms with Crippen LogP contribution in [0.15, 0.2) is 29.6 Å². The van der Waals surface area contributed by atoms with Gasteiger partial charge in [0.1, 0.15) is 11.5 Å². The highest BCUT2D eigenvalue weighted by molar-refractivity contribution is 14.1. The highest BCUT2D eigenvalue weighted by Gasteiger charge is 2.19. The fourth-order valence-corrected chi connectivity index (χ4v) is 3.54. The molecule has 2 aromatic rings. The van der Waals surface area contributed by atoms with Crippen LogP contribution in [0.2, 0.25) is 0 Å². The van der Waals surface area contributed by atoms with Gasteiger partial charge in [-0.15, -0.1) is 11.3 Å².